The summed E-state index contributed by atoms with van der Waals surface area (Å²) in [6.07, 6.45) is 0. The van der Waals surface area contributed by atoms with Gasteiger partial charge in [0.1, 0.15) is 0 Å². The Kier molecular flexibility index (Phi) is 11.3. The summed E-state index contributed by atoms with van der Waals surface area (Å²) >= 11 is 7.95. The zero-order chi connectivity index (χ0) is 4.28. The summed E-state index contributed by atoms with van der Waals surface area (Å²) in [6, 6.07) is 0. The first-order valence-electron chi connectivity index (χ1n) is 1.04. The Labute approximate surface area is 80.8 Å². The predicted octanol–water partition coefficient (Wildman–Crippen LogP) is 0.692. The van der Waals surface area contributed by atoms with Crippen LogP contribution in [-0.4, -0.2) is 49.2 Å². The minimum Gasteiger partial charge on any atom is -1.00 e. The van der Waals surface area contributed by atoms with Gasteiger partial charge >= 0.3 is 37.7 Å². The van der Waals surface area contributed by atoms with Gasteiger partial charge in [-0.05, 0) is 12.2 Å². The molecule has 0 N–H and O–H groups in total. The van der Waals surface area contributed by atoms with Crippen LogP contribution in [0, 0.1) is 0 Å². The number of hydrogen-bond acceptors (Lipinski definition) is 2. The molecule has 0 bridgehead atoms. The molecule has 0 amide bonds. The van der Waals surface area contributed by atoms with Gasteiger partial charge in [-0.25, -0.2) is 0 Å². The van der Waals surface area contributed by atoms with Crippen molar-refractivity contribution in [3.05, 3.63) is 0 Å². The van der Waals surface area contributed by atoms with E-state index in [1.165, 1.54) is 7.11 Å². The van der Waals surface area contributed by atoms with E-state index in [0.717, 1.165) is 0 Å². The second-order valence-corrected chi connectivity index (χ2v) is 1.55. The summed E-state index contributed by atoms with van der Waals surface area (Å²) in [6.45, 7) is 0. The molecule has 6 heavy (non-hydrogen) atoms. The maximum atomic E-state index is 4.35. The van der Waals surface area contributed by atoms with Gasteiger partial charge in [0.2, 0.25) is 4.38 Å². The number of rotatable bonds is 0. The molecule has 0 aromatic rings. The molecule has 4 heteroatoms. The van der Waals surface area contributed by atoms with E-state index in [1.54, 1.807) is 0 Å². The Morgan fingerprint density at radius 1 is 2.00 bits per heavy atom. The molecule has 0 heterocycles. The number of methoxy groups -OCH3 is 1. The van der Waals surface area contributed by atoms with E-state index in [1.807, 2.05) is 0 Å². The number of ether oxygens (including phenoxy) is 1. The molecule has 0 saturated carbocycles. The van der Waals surface area contributed by atoms with Gasteiger partial charge in [-0.2, -0.15) is 0 Å². The van der Waals surface area contributed by atoms with Crippen molar-refractivity contribution in [1.82, 2.24) is 0 Å². The van der Waals surface area contributed by atoms with Crippen LogP contribution >= 0.6 is 24.8 Å². The van der Waals surface area contributed by atoms with Gasteiger partial charge in [-0.15, -0.1) is 0 Å². The minimum absolute atomic E-state index is 0. The van der Waals surface area contributed by atoms with E-state index in [0.29, 0.717) is 0 Å². The molecule has 0 saturated heterocycles. The normalized spacial score (nSPS) is 5.67. The third kappa shape index (κ3) is 9.09. The quantitative estimate of drug-likeness (QED) is 0.309. The summed E-state index contributed by atoms with van der Waals surface area (Å²) < 4.78 is 4.63. The summed E-state index contributed by atoms with van der Waals surface area (Å²) in [4.78, 5) is 0. The molecule has 0 aromatic heterocycles. The molecule has 0 aliphatic carbocycles. The molecular formula is C2H6CaOS2. The Morgan fingerprint density at radius 2 is 2.17 bits per heavy atom. The fourth-order valence-electron chi connectivity index (χ4n) is 0. The average molecular weight is 150 g/mol. The van der Waals surface area contributed by atoms with Crippen molar-refractivity contribution in [2.75, 3.05) is 7.11 Å². The van der Waals surface area contributed by atoms with Crippen LogP contribution in [0.5, 0.6) is 0 Å². The molecular weight excluding hydrogens is 144 g/mol. The van der Waals surface area contributed by atoms with E-state index in [9.17, 15) is 0 Å². The fraction of sp³-hybridized carbons (Fsp3) is 0.500. The maximum Gasteiger partial charge on any atom is 2.00 e. The molecule has 0 atom stereocenters. The van der Waals surface area contributed by atoms with Crippen molar-refractivity contribution < 1.29 is 7.59 Å². The summed E-state index contributed by atoms with van der Waals surface area (Å²) in [5.41, 5.74) is 0. The first kappa shape index (κ1) is 10.5. The average Bonchev–Trinajstić information content (AvgIpc) is 1.38. The maximum absolute atomic E-state index is 4.35. The van der Waals surface area contributed by atoms with Crippen molar-refractivity contribution >= 4 is 67.0 Å². The fourth-order valence-corrected chi connectivity index (χ4v) is 0. The van der Waals surface area contributed by atoms with Gasteiger partial charge in [0.15, 0.2) is 0 Å². The third-order valence-corrected chi connectivity index (χ3v) is 0.524. The molecule has 0 aliphatic rings. The second kappa shape index (κ2) is 6.50. The van der Waals surface area contributed by atoms with E-state index in [4.69, 9.17) is 0 Å². The molecule has 0 rings (SSSR count). The summed E-state index contributed by atoms with van der Waals surface area (Å²) in [5.74, 6) is 0. The monoisotopic (exact) mass is 150 g/mol. The van der Waals surface area contributed by atoms with E-state index < -0.39 is 0 Å². The molecule has 0 aromatic carbocycles. The number of thiol groups is 1. The third-order valence-electron chi connectivity index (χ3n) is 0.175. The predicted molar refractivity (Wildman–Crippen MR) is 36.6 cm³/mol. The van der Waals surface area contributed by atoms with Crippen LogP contribution in [-0.2, 0) is 4.74 Å². The van der Waals surface area contributed by atoms with Gasteiger partial charge < -0.3 is 7.59 Å². The van der Waals surface area contributed by atoms with Crippen LogP contribution in [0.2, 0.25) is 0 Å². The minimum atomic E-state index is 0. The molecule has 34 valence electrons. The van der Waals surface area contributed by atoms with Crippen molar-refractivity contribution in [2.24, 2.45) is 0 Å². The van der Waals surface area contributed by atoms with Gasteiger partial charge in [-0.3, -0.25) is 0 Å². The van der Waals surface area contributed by atoms with Crippen molar-refractivity contribution in [3.63, 3.8) is 0 Å². The van der Waals surface area contributed by atoms with Crippen molar-refractivity contribution in [3.8, 4) is 0 Å². The smallest absolute Gasteiger partial charge is 1.00 e. The molecule has 1 nitrogen and oxygen atoms in total. The van der Waals surface area contributed by atoms with Gasteiger partial charge in [0.05, 0.1) is 7.11 Å². The topological polar surface area (TPSA) is 9.23 Å². The van der Waals surface area contributed by atoms with Gasteiger partial charge in [-0.1, -0.05) is 12.6 Å². The standard InChI is InChI=1S/C2H4OS2.Ca.2H/c1-3-2(4)5;;;/h1H3,(H,4,5);;;/q;+2;2*-1. The van der Waals surface area contributed by atoms with Crippen LogP contribution in [0.4, 0.5) is 0 Å². The van der Waals surface area contributed by atoms with Crippen LogP contribution < -0.4 is 0 Å². The zero-order valence-corrected chi connectivity index (χ0v) is 7.39. The van der Waals surface area contributed by atoms with E-state index in [-0.39, 0.29) is 45.0 Å². The molecule has 0 aliphatic heterocycles. The number of thiocarbonyl (C=S) groups is 1. The van der Waals surface area contributed by atoms with Gasteiger partial charge in [0, 0.05) is 0 Å². The van der Waals surface area contributed by atoms with Crippen molar-refractivity contribution in [2.45, 2.75) is 0 Å². The largest absolute Gasteiger partial charge is 2.00 e. The number of hydrogen-bond donors (Lipinski definition) is 1. The van der Waals surface area contributed by atoms with Crippen molar-refractivity contribution in [1.29, 1.82) is 0 Å². The van der Waals surface area contributed by atoms with E-state index in [2.05, 4.69) is 29.6 Å². The van der Waals surface area contributed by atoms with Crippen LogP contribution in [0.1, 0.15) is 2.85 Å². The Hall–Kier alpha value is 1.50. The van der Waals surface area contributed by atoms with E-state index >= 15 is 0 Å². The summed E-state index contributed by atoms with van der Waals surface area (Å²) in [5, 5.41) is 0. The van der Waals surface area contributed by atoms with Crippen LogP contribution in [0.3, 0.4) is 0 Å². The van der Waals surface area contributed by atoms with Gasteiger partial charge in [0.25, 0.3) is 0 Å². The van der Waals surface area contributed by atoms with Crippen LogP contribution in [0.15, 0.2) is 0 Å². The second-order valence-electron chi connectivity index (χ2n) is 0.470. The Bertz CT molecular complexity index is 53.3. The Balaban J connectivity index is -0.0000000267. The molecule has 0 spiro atoms. The summed E-state index contributed by atoms with van der Waals surface area (Å²) in [7, 11) is 1.48. The zero-order valence-electron chi connectivity index (χ0n) is 5.47. The SMILES string of the molecule is COC(=S)S.[Ca+2].[H-].[H-]. The molecule has 0 radical (unpaired) electrons. The van der Waals surface area contributed by atoms with Crippen LogP contribution in [0.25, 0.3) is 0 Å². The molecule has 0 unspecified atom stereocenters. The Morgan fingerprint density at radius 3 is 2.17 bits per heavy atom. The first-order chi connectivity index (χ1) is 2.27. The molecule has 0 fully saturated rings. The first-order valence-corrected chi connectivity index (χ1v) is 1.90.